The van der Waals surface area contributed by atoms with E-state index in [1.807, 2.05) is 6.92 Å². The highest BCUT2D eigenvalue weighted by molar-refractivity contribution is 6.01. The third kappa shape index (κ3) is 7.32. The number of aliphatic imine (C=N–C) groups is 1. The fraction of sp³-hybridized carbons (Fsp3) is 0.909. The molecule has 11 N–H and O–H groups in total. The SMILES string of the molecule is CCC1C(OC)CC(OC2OC(CO)C(O)C(O)C2O)C2C(=O)C3C(CC(CCC4CCC(N)NC4)C(CNC(N)=NC)C3O)C(=O)C12. The molecule has 0 spiro atoms. The number of carbonyl (C=O) groups excluding carboxylic acids is 2. The van der Waals surface area contributed by atoms with Crippen LogP contribution in [0.15, 0.2) is 4.99 Å². The first-order valence-corrected chi connectivity index (χ1v) is 17.6. The molecule has 5 aliphatic rings. The monoisotopic (exact) mass is 683 g/mol. The van der Waals surface area contributed by atoms with Gasteiger partial charge in [0.2, 0.25) is 0 Å². The van der Waals surface area contributed by atoms with Crippen LogP contribution in [0.3, 0.4) is 0 Å². The lowest BCUT2D eigenvalue weighted by atomic mass is 9.51. The lowest BCUT2D eigenvalue weighted by molar-refractivity contribution is -0.320. The van der Waals surface area contributed by atoms with Crippen molar-refractivity contribution in [1.29, 1.82) is 0 Å². The number of fused-ring (bicyclic) bond motifs is 2. The zero-order chi connectivity index (χ0) is 34.9. The fourth-order valence-electron chi connectivity index (χ4n) is 9.42. The molecular weight excluding hydrogens is 626 g/mol. The summed E-state index contributed by atoms with van der Waals surface area (Å²) < 4.78 is 17.7. The second-order valence-corrected chi connectivity index (χ2v) is 14.6. The fourth-order valence-corrected chi connectivity index (χ4v) is 9.42. The number of rotatable bonds is 10. The Balaban J connectivity index is 1.43. The van der Waals surface area contributed by atoms with E-state index in [4.69, 9.17) is 25.7 Å². The van der Waals surface area contributed by atoms with Gasteiger partial charge in [-0.2, -0.15) is 0 Å². The summed E-state index contributed by atoms with van der Waals surface area (Å²) in [6, 6.07) is 0. The van der Waals surface area contributed by atoms with E-state index in [0.717, 1.165) is 32.2 Å². The summed E-state index contributed by atoms with van der Waals surface area (Å²) in [4.78, 5) is 33.4. The summed E-state index contributed by atoms with van der Waals surface area (Å²) in [5.74, 6) is -3.76. The molecule has 15 heteroatoms. The number of guanidine groups is 1. The zero-order valence-corrected chi connectivity index (χ0v) is 28.3. The summed E-state index contributed by atoms with van der Waals surface area (Å²) >= 11 is 0. The Kier molecular flexibility index (Phi) is 12.5. The number of carbonyl (C=O) groups is 2. The van der Waals surface area contributed by atoms with Crippen LogP contribution in [0, 0.1) is 47.3 Å². The molecule has 0 radical (unpaired) electrons. The first-order valence-electron chi connectivity index (χ1n) is 17.6. The normalized spacial score (nSPS) is 46.9. The minimum Gasteiger partial charge on any atom is -0.394 e. The number of aliphatic hydroxyl groups excluding tert-OH is 5. The molecular formula is C33H57N5O10. The van der Waals surface area contributed by atoms with Crippen LogP contribution in [0.5, 0.6) is 0 Å². The van der Waals surface area contributed by atoms with E-state index in [1.165, 1.54) is 0 Å². The van der Waals surface area contributed by atoms with Gasteiger partial charge in [-0.15, -0.1) is 0 Å². The summed E-state index contributed by atoms with van der Waals surface area (Å²) in [6.07, 6.45) is -5.35. The number of nitrogens with one attached hydrogen (secondary N) is 2. The molecule has 0 aromatic heterocycles. The van der Waals surface area contributed by atoms with Crippen LogP contribution in [0.1, 0.15) is 51.9 Å². The Morgan fingerprint density at radius 1 is 0.979 bits per heavy atom. The van der Waals surface area contributed by atoms with Crippen molar-refractivity contribution in [2.75, 3.05) is 33.9 Å². The van der Waals surface area contributed by atoms with E-state index < -0.39 is 79.3 Å². The quantitative estimate of drug-likeness (QED) is 0.0878. The van der Waals surface area contributed by atoms with E-state index in [9.17, 15) is 35.1 Å². The average molecular weight is 684 g/mol. The third-order valence-corrected chi connectivity index (χ3v) is 12.1. The van der Waals surface area contributed by atoms with Crippen molar-refractivity contribution in [3.8, 4) is 0 Å². The highest BCUT2D eigenvalue weighted by atomic mass is 16.7. The van der Waals surface area contributed by atoms with E-state index >= 15 is 0 Å². The molecule has 2 aliphatic heterocycles. The van der Waals surface area contributed by atoms with Gasteiger partial charge in [0, 0.05) is 44.9 Å². The Labute approximate surface area is 282 Å². The van der Waals surface area contributed by atoms with Crippen LogP contribution in [0.4, 0.5) is 0 Å². The number of ketones is 2. The Morgan fingerprint density at radius 3 is 2.35 bits per heavy atom. The highest BCUT2D eigenvalue weighted by Gasteiger charge is 2.63. The van der Waals surface area contributed by atoms with Crippen molar-refractivity contribution in [3.05, 3.63) is 0 Å². The highest BCUT2D eigenvalue weighted by Crippen LogP contribution is 2.53. The van der Waals surface area contributed by atoms with Gasteiger partial charge in [-0.05, 0) is 56.4 Å². The zero-order valence-electron chi connectivity index (χ0n) is 28.3. The molecule has 5 rings (SSSR count). The van der Waals surface area contributed by atoms with Crippen LogP contribution in [-0.4, -0.2) is 132 Å². The first-order chi connectivity index (χ1) is 22.9. The third-order valence-electron chi connectivity index (χ3n) is 12.1. The molecule has 0 aromatic rings. The number of nitrogens with zero attached hydrogens (tertiary/aromatic N) is 1. The van der Waals surface area contributed by atoms with Crippen LogP contribution in [0.2, 0.25) is 0 Å². The van der Waals surface area contributed by atoms with Gasteiger partial charge in [0.15, 0.2) is 12.2 Å². The van der Waals surface area contributed by atoms with Crippen molar-refractivity contribution in [1.82, 2.24) is 10.6 Å². The van der Waals surface area contributed by atoms with Gasteiger partial charge in [-0.1, -0.05) is 13.3 Å². The van der Waals surface area contributed by atoms with Gasteiger partial charge in [0.1, 0.15) is 36.0 Å². The Hall–Kier alpha value is -1.79. The molecule has 5 fully saturated rings. The second kappa shape index (κ2) is 16.0. The maximum absolute atomic E-state index is 14.7. The second-order valence-electron chi connectivity index (χ2n) is 14.6. The molecule has 0 amide bonds. The number of aliphatic hydroxyl groups is 5. The predicted octanol–water partition coefficient (Wildman–Crippen LogP) is -2.17. The Bertz CT molecular complexity index is 1140. The summed E-state index contributed by atoms with van der Waals surface area (Å²) in [5.41, 5.74) is 12.0. The van der Waals surface area contributed by atoms with Gasteiger partial charge in [-0.25, -0.2) is 0 Å². The van der Waals surface area contributed by atoms with Crippen molar-refractivity contribution in [2.24, 2.45) is 63.8 Å². The number of hydrogen-bond acceptors (Lipinski definition) is 13. The number of piperidine rings is 1. The molecule has 0 bridgehead atoms. The number of ether oxygens (including phenoxy) is 3. The molecule has 0 aromatic carbocycles. The molecule has 15 nitrogen and oxygen atoms in total. The van der Waals surface area contributed by atoms with Crippen molar-refractivity contribution < 1.29 is 49.3 Å². The predicted molar refractivity (Wildman–Crippen MR) is 173 cm³/mol. The molecule has 17 atom stereocenters. The lowest BCUT2D eigenvalue weighted by Crippen LogP contribution is -2.66. The molecule has 48 heavy (non-hydrogen) atoms. The van der Waals surface area contributed by atoms with Gasteiger partial charge in [0.05, 0.1) is 42.9 Å². The number of hydrogen-bond donors (Lipinski definition) is 9. The molecule has 2 saturated heterocycles. The summed E-state index contributed by atoms with van der Waals surface area (Å²) in [7, 11) is 3.11. The van der Waals surface area contributed by atoms with Gasteiger partial charge in [-0.3, -0.25) is 14.6 Å². The minimum atomic E-state index is -1.68. The van der Waals surface area contributed by atoms with E-state index in [-0.39, 0.29) is 54.4 Å². The van der Waals surface area contributed by atoms with E-state index in [2.05, 4.69) is 15.6 Å². The average Bonchev–Trinajstić information content (AvgIpc) is 3.09. The Morgan fingerprint density at radius 2 is 1.73 bits per heavy atom. The van der Waals surface area contributed by atoms with E-state index in [0.29, 0.717) is 18.8 Å². The van der Waals surface area contributed by atoms with Crippen molar-refractivity contribution in [3.63, 3.8) is 0 Å². The maximum Gasteiger partial charge on any atom is 0.188 e. The van der Waals surface area contributed by atoms with Crippen LogP contribution >= 0.6 is 0 Å². The number of methoxy groups -OCH3 is 1. The largest absolute Gasteiger partial charge is 0.394 e. The molecule has 2 heterocycles. The van der Waals surface area contributed by atoms with Crippen molar-refractivity contribution >= 4 is 17.5 Å². The smallest absolute Gasteiger partial charge is 0.188 e. The van der Waals surface area contributed by atoms with Gasteiger partial charge in [0.25, 0.3) is 0 Å². The lowest BCUT2D eigenvalue weighted by Gasteiger charge is -2.55. The standard InChI is InChI=1S/C33H57N5O10/c1-4-16-19(46-3)10-20(47-32-31(45)30(44)28(42)21(13-39)48-32)25-23(16)26(40)17-9-15(7-5-14-6-8-22(34)37-11-14)18(12-38-33(35)36-2)27(41)24(17)29(25)43/h14-25,27-28,30-32,37,39,41-42,44-45H,4-13,34H2,1-3H3,(H3,35,36,38). The van der Waals surface area contributed by atoms with Gasteiger partial charge >= 0.3 is 0 Å². The van der Waals surface area contributed by atoms with Crippen molar-refractivity contribution in [2.45, 2.75) is 107 Å². The minimum absolute atomic E-state index is 0.00275. The van der Waals surface area contributed by atoms with Crippen LogP contribution in [0.25, 0.3) is 0 Å². The molecule has 17 unspecified atom stereocenters. The molecule has 3 saturated carbocycles. The molecule has 274 valence electrons. The van der Waals surface area contributed by atoms with Crippen LogP contribution in [-0.2, 0) is 23.8 Å². The molecule has 3 aliphatic carbocycles. The summed E-state index contributed by atoms with van der Waals surface area (Å²) in [5, 5.41) is 59.6. The number of nitrogens with two attached hydrogens (primary N) is 2. The topological polar surface area (TPSA) is 251 Å². The van der Waals surface area contributed by atoms with E-state index in [1.54, 1.807) is 14.2 Å². The van der Waals surface area contributed by atoms with Crippen LogP contribution < -0.4 is 22.1 Å². The van der Waals surface area contributed by atoms with Gasteiger partial charge < -0.3 is 61.8 Å². The number of Topliss-reactive ketones (excluding diaryl/α,β-unsaturated/α-hetero) is 2. The maximum atomic E-state index is 14.7. The first kappa shape index (κ1) is 37.5. The summed E-state index contributed by atoms with van der Waals surface area (Å²) in [6.45, 7) is 2.42.